The van der Waals surface area contributed by atoms with Gasteiger partial charge < -0.3 is 20.8 Å². The van der Waals surface area contributed by atoms with Crippen LogP contribution in [0, 0.1) is 6.92 Å². The topological polar surface area (TPSA) is 104 Å². The number of benzene rings is 1. The number of aryl methyl sites for hydroxylation is 1. The third kappa shape index (κ3) is 1.89. The summed E-state index contributed by atoms with van der Waals surface area (Å²) in [4.78, 5) is 24.4. The zero-order valence-electron chi connectivity index (χ0n) is 10.8. The first-order valence-electron chi connectivity index (χ1n) is 5.88. The number of aliphatic carboxylic acids is 1. The Bertz CT molecular complexity index is 558. The Labute approximate surface area is 110 Å². The maximum absolute atomic E-state index is 12.2. The first-order chi connectivity index (χ1) is 8.79. The van der Waals surface area contributed by atoms with E-state index < -0.39 is 23.5 Å². The van der Waals surface area contributed by atoms with E-state index in [2.05, 4.69) is 0 Å². The van der Waals surface area contributed by atoms with Crippen molar-refractivity contribution in [3.8, 4) is 0 Å². The van der Waals surface area contributed by atoms with E-state index in [1.807, 2.05) is 13.0 Å². The molecular weight excluding hydrogens is 248 g/mol. The van der Waals surface area contributed by atoms with E-state index in [9.17, 15) is 14.7 Å². The summed E-state index contributed by atoms with van der Waals surface area (Å²) in [5.41, 5.74) is 5.46. The molecule has 0 aliphatic carbocycles. The van der Waals surface area contributed by atoms with Gasteiger partial charge in [0.05, 0.1) is 5.69 Å². The van der Waals surface area contributed by atoms with Crippen LogP contribution < -0.4 is 10.6 Å². The van der Waals surface area contributed by atoms with Crippen molar-refractivity contribution in [3.05, 3.63) is 29.3 Å². The third-order valence-electron chi connectivity index (χ3n) is 3.51. The van der Waals surface area contributed by atoms with Gasteiger partial charge in [-0.25, -0.2) is 0 Å². The number of para-hydroxylation sites is 1. The van der Waals surface area contributed by atoms with Crippen LogP contribution in [0.25, 0.3) is 0 Å². The lowest BCUT2D eigenvalue weighted by atomic mass is 9.88. The Hall–Kier alpha value is -1.92. The summed E-state index contributed by atoms with van der Waals surface area (Å²) < 4.78 is 0. The summed E-state index contributed by atoms with van der Waals surface area (Å²) >= 11 is 0. The second-order valence-electron chi connectivity index (χ2n) is 4.84. The highest BCUT2D eigenvalue weighted by molar-refractivity contribution is 6.07. The number of amides is 1. The van der Waals surface area contributed by atoms with Crippen LogP contribution in [0.5, 0.6) is 0 Å². The minimum Gasteiger partial charge on any atom is -0.480 e. The van der Waals surface area contributed by atoms with Crippen molar-refractivity contribution >= 4 is 17.6 Å². The molecule has 1 aromatic rings. The molecule has 0 radical (unpaired) electrons. The predicted molar refractivity (Wildman–Crippen MR) is 68.7 cm³/mol. The summed E-state index contributed by atoms with van der Waals surface area (Å²) in [6.07, 6.45) is -0.345. The van der Waals surface area contributed by atoms with Crippen LogP contribution in [0.1, 0.15) is 17.5 Å². The average Bonchev–Trinajstić information content (AvgIpc) is 2.53. The van der Waals surface area contributed by atoms with E-state index in [0.29, 0.717) is 11.3 Å². The Balaban J connectivity index is 2.51. The minimum atomic E-state index is -1.87. The number of carboxylic acids is 1. The number of carbonyl (C=O) groups is 2. The van der Waals surface area contributed by atoms with Gasteiger partial charge in [-0.3, -0.25) is 9.59 Å². The zero-order valence-corrected chi connectivity index (χ0v) is 10.8. The highest BCUT2D eigenvalue weighted by atomic mass is 16.4. The molecule has 1 aromatic carbocycles. The number of carbonyl (C=O) groups excluding carboxylic acids is 1. The first kappa shape index (κ1) is 13.5. The molecule has 2 atom stereocenters. The number of hydrogen-bond acceptors (Lipinski definition) is 4. The summed E-state index contributed by atoms with van der Waals surface area (Å²) in [6, 6.07) is 3.87. The number of nitrogens with zero attached hydrogens (tertiary/aromatic N) is 1. The Morgan fingerprint density at radius 2 is 2.16 bits per heavy atom. The van der Waals surface area contributed by atoms with Crippen LogP contribution in [-0.2, 0) is 15.2 Å². The second-order valence-corrected chi connectivity index (χ2v) is 4.84. The number of anilines is 1. The molecule has 0 aromatic heterocycles. The van der Waals surface area contributed by atoms with E-state index in [0.717, 1.165) is 5.56 Å². The van der Waals surface area contributed by atoms with Gasteiger partial charge in [-0.15, -0.1) is 0 Å². The number of nitrogens with two attached hydrogens (primary N) is 1. The fourth-order valence-electron chi connectivity index (χ4n) is 2.53. The van der Waals surface area contributed by atoms with Gasteiger partial charge in [0.25, 0.3) is 5.91 Å². The molecular formula is C13H16N2O4. The molecule has 0 unspecified atom stereocenters. The van der Waals surface area contributed by atoms with Crippen LogP contribution in [0.4, 0.5) is 5.69 Å². The van der Waals surface area contributed by atoms with Gasteiger partial charge in [0, 0.05) is 19.0 Å². The lowest BCUT2D eigenvalue weighted by Crippen LogP contribution is -2.45. The summed E-state index contributed by atoms with van der Waals surface area (Å²) in [5.74, 6) is -1.79. The number of fused-ring (bicyclic) bond motifs is 1. The van der Waals surface area contributed by atoms with Crippen molar-refractivity contribution in [3.63, 3.8) is 0 Å². The molecule has 0 fully saturated rings. The van der Waals surface area contributed by atoms with E-state index in [-0.39, 0.29) is 6.42 Å². The van der Waals surface area contributed by atoms with E-state index >= 15 is 0 Å². The molecule has 19 heavy (non-hydrogen) atoms. The van der Waals surface area contributed by atoms with Gasteiger partial charge in [0.15, 0.2) is 5.60 Å². The molecule has 2 rings (SSSR count). The zero-order chi connectivity index (χ0) is 14.4. The molecule has 1 amide bonds. The molecule has 6 nitrogen and oxygen atoms in total. The maximum atomic E-state index is 12.2. The lowest BCUT2D eigenvalue weighted by molar-refractivity contribution is -0.144. The van der Waals surface area contributed by atoms with Crippen LogP contribution in [0.3, 0.4) is 0 Å². The van der Waals surface area contributed by atoms with Gasteiger partial charge in [-0.05, 0) is 12.5 Å². The Morgan fingerprint density at radius 3 is 2.74 bits per heavy atom. The molecule has 0 saturated carbocycles. The van der Waals surface area contributed by atoms with Crippen LogP contribution in [0.2, 0.25) is 0 Å². The molecule has 6 heteroatoms. The number of likely N-dealkylation sites (N-methyl/N-ethyl adjacent to an activating group) is 1. The SMILES string of the molecule is Cc1cccc2c1N(C)C(=O)[C@]2(O)C[C@H](N)C(=O)O. The molecule has 0 spiro atoms. The number of rotatable bonds is 3. The maximum Gasteiger partial charge on any atom is 0.320 e. The summed E-state index contributed by atoms with van der Waals surface area (Å²) in [6.45, 7) is 1.82. The van der Waals surface area contributed by atoms with Gasteiger partial charge >= 0.3 is 5.97 Å². The van der Waals surface area contributed by atoms with Crippen molar-refractivity contribution in [2.24, 2.45) is 5.73 Å². The van der Waals surface area contributed by atoms with Crippen molar-refractivity contribution in [2.75, 3.05) is 11.9 Å². The molecule has 1 aliphatic rings. The molecule has 0 saturated heterocycles. The predicted octanol–water partition coefficient (Wildman–Crippen LogP) is -0.0390. The molecule has 0 bridgehead atoms. The van der Waals surface area contributed by atoms with Crippen LogP contribution in [0.15, 0.2) is 18.2 Å². The van der Waals surface area contributed by atoms with Crippen molar-refractivity contribution in [2.45, 2.75) is 25.0 Å². The Kier molecular flexibility index (Phi) is 3.07. The lowest BCUT2D eigenvalue weighted by Gasteiger charge is -2.23. The highest BCUT2D eigenvalue weighted by Gasteiger charge is 2.50. The highest BCUT2D eigenvalue weighted by Crippen LogP contribution is 2.43. The third-order valence-corrected chi connectivity index (χ3v) is 3.51. The van der Waals surface area contributed by atoms with Crippen molar-refractivity contribution < 1.29 is 19.8 Å². The normalized spacial score (nSPS) is 23.4. The first-order valence-corrected chi connectivity index (χ1v) is 5.88. The number of aliphatic hydroxyl groups is 1. The number of hydrogen-bond donors (Lipinski definition) is 3. The fourth-order valence-corrected chi connectivity index (χ4v) is 2.53. The summed E-state index contributed by atoms with van der Waals surface area (Å²) in [5, 5.41) is 19.4. The van der Waals surface area contributed by atoms with Gasteiger partial charge in [0.2, 0.25) is 0 Å². The minimum absolute atomic E-state index is 0.345. The van der Waals surface area contributed by atoms with Crippen molar-refractivity contribution in [1.82, 2.24) is 0 Å². The molecule has 4 N–H and O–H groups in total. The smallest absolute Gasteiger partial charge is 0.320 e. The standard InChI is InChI=1S/C13H16N2O4/c1-7-4-3-5-8-10(7)15(2)12(18)13(8,19)6-9(14)11(16)17/h3-5,9,19H,6,14H2,1-2H3,(H,16,17)/t9-,13-/m0/s1. The van der Waals surface area contributed by atoms with Gasteiger partial charge in [0.1, 0.15) is 6.04 Å². The molecule has 102 valence electrons. The number of carboxylic acid groups (broad SMARTS) is 1. The van der Waals surface area contributed by atoms with Crippen LogP contribution >= 0.6 is 0 Å². The molecule has 1 aliphatic heterocycles. The average molecular weight is 264 g/mol. The van der Waals surface area contributed by atoms with Crippen LogP contribution in [-0.4, -0.2) is 35.2 Å². The second kappa shape index (κ2) is 4.32. The van der Waals surface area contributed by atoms with E-state index in [1.165, 1.54) is 4.90 Å². The van der Waals surface area contributed by atoms with E-state index in [1.54, 1.807) is 19.2 Å². The largest absolute Gasteiger partial charge is 0.480 e. The monoisotopic (exact) mass is 264 g/mol. The summed E-state index contributed by atoms with van der Waals surface area (Å²) in [7, 11) is 1.55. The Morgan fingerprint density at radius 1 is 1.53 bits per heavy atom. The van der Waals surface area contributed by atoms with Gasteiger partial charge in [-0.1, -0.05) is 18.2 Å². The van der Waals surface area contributed by atoms with E-state index in [4.69, 9.17) is 10.8 Å². The van der Waals surface area contributed by atoms with Crippen molar-refractivity contribution in [1.29, 1.82) is 0 Å². The molecule has 1 heterocycles. The fraction of sp³-hybridized carbons (Fsp3) is 0.385. The quantitative estimate of drug-likeness (QED) is 0.710. The van der Waals surface area contributed by atoms with Gasteiger partial charge in [-0.2, -0.15) is 0 Å².